The van der Waals surface area contributed by atoms with Crippen molar-refractivity contribution in [2.75, 3.05) is 6.61 Å². The largest absolute Gasteiger partial charge is 0.493 e. The van der Waals surface area contributed by atoms with Gasteiger partial charge in [-0.05, 0) is 48.8 Å². The summed E-state index contributed by atoms with van der Waals surface area (Å²) in [7, 11) is 0. The van der Waals surface area contributed by atoms with Gasteiger partial charge in [0.15, 0.2) is 6.29 Å². The number of fused-ring (bicyclic) bond motifs is 1. The zero-order valence-corrected chi connectivity index (χ0v) is 13.8. The fraction of sp³-hybridized carbons (Fsp3) is 0.227. The summed E-state index contributed by atoms with van der Waals surface area (Å²) in [5.74, 6) is 0.860. The normalized spacial score (nSPS) is 10.7. The summed E-state index contributed by atoms with van der Waals surface area (Å²) in [6, 6.07) is 22.2. The third kappa shape index (κ3) is 4.02. The van der Waals surface area contributed by atoms with Crippen molar-refractivity contribution in [2.45, 2.75) is 25.7 Å². The van der Waals surface area contributed by atoms with Crippen LogP contribution in [0.4, 0.5) is 0 Å². The first-order valence-electron chi connectivity index (χ1n) is 8.52. The third-order valence-electron chi connectivity index (χ3n) is 4.25. The number of ether oxygens (including phenoxy) is 1. The maximum absolute atomic E-state index is 11.1. The Morgan fingerprint density at radius 1 is 0.750 bits per heavy atom. The number of hydrogen-bond acceptors (Lipinski definition) is 2. The average molecular weight is 318 g/mol. The molecule has 3 rings (SSSR count). The average Bonchev–Trinajstić information content (AvgIpc) is 2.65. The Hall–Kier alpha value is -2.61. The van der Waals surface area contributed by atoms with Gasteiger partial charge >= 0.3 is 0 Å². The van der Waals surface area contributed by atoms with E-state index in [1.807, 2.05) is 36.4 Å². The monoisotopic (exact) mass is 318 g/mol. The number of benzene rings is 3. The second-order valence-electron chi connectivity index (χ2n) is 5.96. The van der Waals surface area contributed by atoms with Crippen LogP contribution in [0.2, 0.25) is 0 Å². The molecule has 0 amide bonds. The lowest BCUT2D eigenvalue weighted by Crippen LogP contribution is -1.99. The van der Waals surface area contributed by atoms with Gasteiger partial charge in [0, 0.05) is 10.9 Å². The molecule has 0 aliphatic carbocycles. The Morgan fingerprint density at radius 2 is 1.50 bits per heavy atom. The summed E-state index contributed by atoms with van der Waals surface area (Å²) >= 11 is 0. The smallest absolute Gasteiger partial charge is 0.150 e. The molecule has 3 aromatic carbocycles. The van der Waals surface area contributed by atoms with Gasteiger partial charge in [-0.2, -0.15) is 0 Å². The molecule has 0 aliphatic rings. The fourth-order valence-electron chi connectivity index (χ4n) is 2.96. The van der Waals surface area contributed by atoms with E-state index in [2.05, 4.69) is 30.3 Å². The van der Waals surface area contributed by atoms with Crippen LogP contribution in [-0.4, -0.2) is 12.9 Å². The molecule has 3 aromatic rings. The number of unbranched alkanes of at least 4 members (excludes halogenated alkanes) is 2. The maximum Gasteiger partial charge on any atom is 0.150 e. The molecule has 0 bridgehead atoms. The second kappa shape index (κ2) is 8.30. The fourth-order valence-corrected chi connectivity index (χ4v) is 2.96. The highest BCUT2D eigenvalue weighted by atomic mass is 16.5. The molecule has 2 nitrogen and oxygen atoms in total. The molecule has 0 saturated carbocycles. The standard InChI is InChI=1S/C22H22O2/c23-17-19-14-15-22(21-13-7-6-12-20(19)21)24-16-8-2-5-11-18-9-3-1-4-10-18/h1,3-4,6-7,9-10,12-15,17H,2,5,8,11,16H2. The molecule has 2 heteroatoms. The SMILES string of the molecule is O=Cc1ccc(OCCCCCc2ccccc2)c2ccccc12. The minimum atomic E-state index is 0.708. The molecule has 0 spiro atoms. The first-order valence-corrected chi connectivity index (χ1v) is 8.52. The summed E-state index contributed by atoms with van der Waals surface area (Å²) in [6.45, 7) is 0.708. The Bertz CT molecular complexity index is 793. The summed E-state index contributed by atoms with van der Waals surface area (Å²) in [5, 5.41) is 1.96. The zero-order chi connectivity index (χ0) is 16.6. The van der Waals surface area contributed by atoms with Crippen LogP contribution in [-0.2, 0) is 6.42 Å². The van der Waals surface area contributed by atoms with Crippen LogP contribution in [0.5, 0.6) is 5.75 Å². The van der Waals surface area contributed by atoms with Crippen LogP contribution in [0.3, 0.4) is 0 Å². The molecule has 0 aromatic heterocycles. The number of carbonyl (C=O) groups excluding carboxylic acids is 1. The summed E-state index contributed by atoms with van der Waals surface area (Å²) in [4.78, 5) is 11.1. The Morgan fingerprint density at radius 3 is 2.29 bits per heavy atom. The lowest BCUT2D eigenvalue weighted by molar-refractivity contribution is 0.112. The van der Waals surface area contributed by atoms with Crippen LogP contribution in [0.25, 0.3) is 10.8 Å². The van der Waals surface area contributed by atoms with Crippen molar-refractivity contribution in [3.63, 3.8) is 0 Å². The van der Waals surface area contributed by atoms with E-state index in [1.165, 1.54) is 12.0 Å². The molecular weight excluding hydrogens is 296 g/mol. The van der Waals surface area contributed by atoms with Gasteiger partial charge in [-0.25, -0.2) is 0 Å². The highest BCUT2D eigenvalue weighted by molar-refractivity contribution is 6.00. The topological polar surface area (TPSA) is 26.3 Å². The minimum Gasteiger partial charge on any atom is -0.493 e. The molecular formula is C22H22O2. The van der Waals surface area contributed by atoms with E-state index in [4.69, 9.17) is 4.74 Å². The molecule has 0 atom stereocenters. The summed E-state index contributed by atoms with van der Waals surface area (Å²) in [6.07, 6.45) is 5.39. The Labute approximate surface area is 143 Å². The van der Waals surface area contributed by atoms with Crippen molar-refractivity contribution >= 4 is 17.1 Å². The van der Waals surface area contributed by atoms with Gasteiger partial charge in [0.05, 0.1) is 6.61 Å². The highest BCUT2D eigenvalue weighted by Crippen LogP contribution is 2.28. The van der Waals surface area contributed by atoms with Crippen LogP contribution < -0.4 is 4.74 Å². The number of rotatable bonds is 8. The van der Waals surface area contributed by atoms with E-state index in [0.717, 1.165) is 42.1 Å². The third-order valence-corrected chi connectivity index (χ3v) is 4.25. The number of carbonyl (C=O) groups is 1. The molecule has 0 radical (unpaired) electrons. The van der Waals surface area contributed by atoms with Crippen molar-refractivity contribution in [1.82, 2.24) is 0 Å². The number of aryl methyl sites for hydroxylation is 1. The van der Waals surface area contributed by atoms with Crippen LogP contribution in [0, 0.1) is 0 Å². The van der Waals surface area contributed by atoms with E-state index in [1.54, 1.807) is 0 Å². The summed E-state index contributed by atoms with van der Waals surface area (Å²) in [5.41, 5.74) is 2.11. The lowest BCUT2D eigenvalue weighted by Gasteiger charge is -2.10. The summed E-state index contributed by atoms with van der Waals surface area (Å²) < 4.78 is 5.96. The van der Waals surface area contributed by atoms with Gasteiger partial charge in [-0.3, -0.25) is 4.79 Å². The molecule has 0 fully saturated rings. The minimum absolute atomic E-state index is 0.708. The molecule has 24 heavy (non-hydrogen) atoms. The van der Waals surface area contributed by atoms with Gasteiger partial charge in [-0.15, -0.1) is 0 Å². The highest BCUT2D eigenvalue weighted by Gasteiger charge is 2.05. The molecule has 0 N–H and O–H groups in total. The van der Waals surface area contributed by atoms with Crippen molar-refractivity contribution in [2.24, 2.45) is 0 Å². The van der Waals surface area contributed by atoms with E-state index in [0.29, 0.717) is 12.2 Å². The predicted octanol–water partition coefficient (Wildman–Crippen LogP) is 5.44. The lowest BCUT2D eigenvalue weighted by atomic mass is 10.0. The number of aldehydes is 1. The maximum atomic E-state index is 11.1. The van der Waals surface area contributed by atoms with Crippen molar-refractivity contribution in [3.05, 3.63) is 77.9 Å². The van der Waals surface area contributed by atoms with Gasteiger partial charge in [0.2, 0.25) is 0 Å². The van der Waals surface area contributed by atoms with Crippen molar-refractivity contribution in [3.8, 4) is 5.75 Å². The molecule has 0 saturated heterocycles. The van der Waals surface area contributed by atoms with Crippen LogP contribution in [0.1, 0.15) is 35.2 Å². The van der Waals surface area contributed by atoms with Crippen molar-refractivity contribution in [1.29, 1.82) is 0 Å². The van der Waals surface area contributed by atoms with Crippen LogP contribution >= 0.6 is 0 Å². The molecule has 0 aliphatic heterocycles. The molecule has 122 valence electrons. The number of hydrogen-bond donors (Lipinski definition) is 0. The van der Waals surface area contributed by atoms with Crippen LogP contribution in [0.15, 0.2) is 66.7 Å². The van der Waals surface area contributed by atoms with E-state index >= 15 is 0 Å². The first-order chi connectivity index (χ1) is 11.9. The molecule has 0 unspecified atom stereocenters. The quantitative estimate of drug-likeness (QED) is 0.408. The van der Waals surface area contributed by atoms with Gasteiger partial charge in [0.25, 0.3) is 0 Å². The predicted molar refractivity (Wildman–Crippen MR) is 98.8 cm³/mol. The van der Waals surface area contributed by atoms with E-state index in [-0.39, 0.29) is 0 Å². The Kier molecular flexibility index (Phi) is 5.62. The molecule has 0 heterocycles. The zero-order valence-electron chi connectivity index (χ0n) is 13.8. The van der Waals surface area contributed by atoms with Gasteiger partial charge < -0.3 is 4.74 Å². The van der Waals surface area contributed by atoms with Gasteiger partial charge in [0.1, 0.15) is 5.75 Å². The van der Waals surface area contributed by atoms with Crippen molar-refractivity contribution < 1.29 is 9.53 Å². The van der Waals surface area contributed by atoms with E-state index in [9.17, 15) is 4.79 Å². The van der Waals surface area contributed by atoms with E-state index < -0.39 is 0 Å². The second-order valence-corrected chi connectivity index (χ2v) is 5.96. The Balaban J connectivity index is 1.50. The van der Waals surface area contributed by atoms with Gasteiger partial charge in [-0.1, -0.05) is 54.6 Å². The first kappa shape index (κ1) is 16.3.